The molecule has 2 saturated heterocycles. The minimum atomic E-state index is -2.23. The Kier molecular flexibility index (Phi) is 18.2. The number of ether oxygens (including phenoxy) is 3. The maximum Gasteiger partial charge on any atom is 0.187 e. The third-order valence-corrected chi connectivity index (χ3v) is 15.7. The molecule has 4 unspecified atom stereocenters. The van der Waals surface area contributed by atoms with E-state index in [1.54, 1.807) is 0 Å². The molecule has 0 bridgehead atoms. The van der Waals surface area contributed by atoms with Crippen molar-refractivity contribution in [2.24, 2.45) is 0 Å². The molecule has 0 aromatic heterocycles. The molecule has 328 valence electrons. The van der Waals surface area contributed by atoms with Gasteiger partial charge in [0.2, 0.25) is 0 Å². The Morgan fingerprint density at radius 1 is 0.291 bits per heavy atom. The number of hydrogen-bond donors (Lipinski definition) is 0. The van der Waals surface area contributed by atoms with Crippen LogP contribution < -0.4 is 0 Å². The van der Waals surface area contributed by atoms with Gasteiger partial charge in [-0.25, -0.2) is 0 Å². The molecule has 19 heteroatoms. The van der Waals surface area contributed by atoms with Crippen molar-refractivity contribution in [1.82, 2.24) is 0 Å². The van der Waals surface area contributed by atoms with Crippen LogP contribution in [0.1, 0.15) is 0 Å². The molecule has 0 N–H and O–H groups in total. The van der Waals surface area contributed by atoms with E-state index < -0.39 is 128 Å². The summed E-state index contributed by atoms with van der Waals surface area (Å²) in [5.41, 5.74) is 0. The van der Waals surface area contributed by atoms with Gasteiger partial charge in [-0.15, -0.1) is 0 Å². The zero-order chi connectivity index (χ0) is 43.0. The van der Waals surface area contributed by atoms with Crippen LogP contribution in [0.15, 0.2) is 0 Å². The minimum Gasteiger partial charge on any atom is -0.415 e. The van der Waals surface area contributed by atoms with Gasteiger partial charge in [0.25, 0.3) is 0 Å². The third kappa shape index (κ3) is 20.6. The fraction of sp³-hybridized carbons (Fsp3) is 1.00. The van der Waals surface area contributed by atoms with E-state index in [0.29, 0.717) is 13.2 Å². The van der Waals surface area contributed by atoms with Gasteiger partial charge in [-0.2, -0.15) is 0 Å². The molecule has 55 heavy (non-hydrogen) atoms. The van der Waals surface area contributed by atoms with Crippen molar-refractivity contribution in [3.05, 3.63) is 0 Å². The van der Waals surface area contributed by atoms with Gasteiger partial charge in [0.05, 0.1) is 13.2 Å². The molecule has 2 fully saturated rings. The largest absolute Gasteiger partial charge is 0.415 e. The summed E-state index contributed by atoms with van der Waals surface area (Å²) >= 11 is 0. The molecule has 0 aromatic rings. The van der Waals surface area contributed by atoms with Gasteiger partial charge in [0.15, 0.2) is 79.1 Å². The van der Waals surface area contributed by atoms with Gasteiger partial charge >= 0.3 is 0 Å². The molecule has 0 aliphatic carbocycles. The first kappa shape index (κ1) is 52.4. The summed E-state index contributed by atoms with van der Waals surface area (Å²) in [6.07, 6.45) is -5.61. The lowest BCUT2D eigenvalue weighted by Gasteiger charge is -2.54. The van der Waals surface area contributed by atoms with Crippen molar-refractivity contribution in [3.63, 3.8) is 0 Å². The predicted molar refractivity (Wildman–Crippen MR) is 246 cm³/mol. The highest BCUT2D eigenvalue weighted by Gasteiger charge is 2.57. The predicted octanol–water partition coefficient (Wildman–Crippen LogP) is 9.48. The lowest BCUT2D eigenvalue weighted by Crippen LogP contribution is -2.70. The quantitative estimate of drug-likeness (QED) is 0.109. The third-order valence-electron chi connectivity index (χ3n) is 7.75. The molecule has 2 aliphatic heterocycles. The molecule has 11 nitrogen and oxygen atoms in total. The summed E-state index contributed by atoms with van der Waals surface area (Å²) in [5.74, 6) is 0. The standard InChI is InChI=1S/C36H86O11Si8/c1-48(2,3)37-25-27-29(31(43-51(10,11)12)34(46-54(19,20)21)36(40-27)47-55(22,23)24)41-35-33(45-53(16,17)18)32(44-52(13,14)15)30(42-50(7,8)9)28(39-35)26-38-49(4,5)6/h27-36H,25-26H2,1-24H3/t27?,28?,29-,30-,31-,32-,33?,34?,35+,36+/m1/s1. The Hall–Kier alpha value is 1.30. The Labute approximate surface area is 346 Å². The maximum absolute atomic E-state index is 7.46. The molecule has 0 aromatic carbocycles. The summed E-state index contributed by atoms with van der Waals surface area (Å²) < 4.78 is 77.4. The highest BCUT2D eigenvalue weighted by molar-refractivity contribution is 6.72. The van der Waals surface area contributed by atoms with E-state index in [9.17, 15) is 0 Å². The molecule has 2 aliphatic rings. The van der Waals surface area contributed by atoms with E-state index in [2.05, 4.69) is 157 Å². The molecular weight excluding hydrogens is 833 g/mol. The summed E-state index contributed by atoms with van der Waals surface area (Å²) in [7, 11) is -17.0. The second-order valence-electron chi connectivity index (χ2n) is 23.2. The fourth-order valence-electron chi connectivity index (χ4n) is 6.26. The van der Waals surface area contributed by atoms with Crippen LogP contribution >= 0.6 is 0 Å². The SMILES string of the molecule is C[Si](C)(C)OCC1O[C@@H](O[Si](C)(C)C)C(O[Si](C)(C)C)[C@H](O[Si](C)(C)C)[C@@H]1O[C@@H]1OC(CO[Si](C)(C)C)[C@@H](O[Si](C)(C)C)[C@@H](O[Si](C)(C)C)C1O[Si](C)(C)C. The van der Waals surface area contributed by atoms with Crippen molar-refractivity contribution in [3.8, 4) is 0 Å². The molecule has 2 heterocycles. The monoisotopic (exact) mass is 918 g/mol. The summed E-state index contributed by atoms with van der Waals surface area (Å²) in [6.45, 7) is 53.5. The van der Waals surface area contributed by atoms with Gasteiger partial charge in [-0.05, 0) is 157 Å². The first-order valence-corrected chi connectivity index (χ1v) is 47.8. The van der Waals surface area contributed by atoms with E-state index in [4.69, 9.17) is 49.6 Å². The van der Waals surface area contributed by atoms with E-state index in [0.717, 1.165) is 0 Å². The Bertz CT molecular complexity index is 1180. The Morgan fingerprint density at radius 3 is 0.909 bits per heavy atom. The molecule has 10 atom stereocenters. The van der Waals surface area contributed by atoms with Gasteiger partial charge < -0.3 is 49.6 Å². The fourth-order valence-corrected chi connectivity index (χ4v) is 13.9. The average molecular weight is 920 g/mol. The zero-order valence-corrected chi connectivity index (χ0v) is 47.7. The van der Waals surface area contributed by atoms with Crippen LogP contribution in [0.4, 0.5) is 0 Å². The van der Waals surface area contributed by atoms with Crippen LogP contribution in [-0.2, 0) is 49.6 Å². The van der Waals surface area contributed by atoms with Crippen LogP contribution in [0.2, 0.25) is 157 Å². The average Bonchev–Trinajstić information content (AvgIpc) is 2.88. The van der Waals surface area contributed by atoms with Crippen molar-refractivity contribution >= 4 is 66.5 Å². The number of rotatable bonds is 20. The Morgan fingerprint density at radius 2 is 0.564 bits per heavy atom. The molecule has 0 radical (unpaired) electrons. The molecular formula is C36H86O11Si8. The lowest BCUT2D eigenvalue weighted by atomic mass is 9.97. The summed E-state index contributed by atoms with van der Waals surface area (Å²) in [4.78, 5) is 0. The van der Waals surface area contributed by atoms with Crippen LogP contribution in [-0.4, -0.2) is 141 Å². The minimum absolute atomic E-state index is 0.321. The van der Waals surface area contributed by atoms with Gasteiger partial charge in [0.1, 0.15) is 48.8 Å². The molecule has 2 rings (SSSR count). The number of hydrogen-bond acceptors (Lipinski definition) is 11. The van der Waals surface area contributed by atoms with Crippen molar-refractivity contribution in [1.29, 1.82) is 0 Å². The van der Waals surface area contributed by atoms with Gasteiger partial charge in [-0.3, -0.25) is 0 Å². The van der Waals surface area contributed by atoms with E-state index in [1.165, 1.54) is 0 Å². The topological polar surface area (TPSA) is 102 Å². The molecule has 0 saturated carbocycles. The Balaban J connectivity index is 2.93. The van der Waals surface area contributed by atoms with Crippen LogP contribution in [0.5, 0.6) is 0 Å². The molecule has 0 amide bonds. The highest BCUT2D eigenvalue weighted by Crippen LogP contribution is 2.39. The van der Waals surface area contributed by atoms with E-state index in [-0.39, 0.29) is 0 Å². The summed E-state index contributed by atoms with van der Waals surface area (Å²) in [5, 5.41) is 0. The molecule has 0 spiro atoms. The first-order chi connectivity index (χ1) is 24.2. The zero-order valence-electron chi connectivity index (χ0n) is 39.7. The van der Waals surface area contributed by atoms with E-state index in [1.807, 2.05) is 0 Å². The van der Waals surface area contributed by atoms with E-state index >= 15 is 0 Å². The summed E-state index contributed by atoms with van der Waals surface area (Å²) in [6, 6.07) is 0. The van der Waals surface area contributed by atoms with Crippen molar-refractivity contribution in [2.45, 2.75) is 219 Å². The van der Waals surface area contributed by atoms with Gasteiger partial charge in [-0.1, -0.05) is 0 Å². The maximum atomic E-state index is 7.46. The van der Waals surface area contributed by atoms with Crippen LogP contribution in [0, 0.1) is 0 Å². The van der Waals surface area contributed by atoms with Crippen LogP contribution in [0.25, 0.3) is 0 Å². The van der Waals surface area contributed by atoms with Gasteiger partial charge in [0, 0.05) is 0 Å². The van der Waals surface area contributed by atoms with Crippen molar-refractivity contribution < 1.29 is 49.6 Å². The first-order valence-electron chi connectivity index (χ1n) is 20.5. The second-order valence-corrected chi connectivity index (χ2v) is 59.0. The highest BCUT2D eigenvalue weighted by atomic mass is 28.4. The van der Waals surface area contributed by atoms with Crippen molar-refractivity contribution in [2.75, 3.05) is 13.2 Å². The van der Waals surface area contributed by atoms with Crippen LogP contribution in [0.3, 0.4) is 0 Å². The second kappa shape index (κ2) is 19.1. The lowest BCUT2D eigenvalue weighted by molar-refractivity contribution is -0.344. The smallest absolute Gasteiger partial charge is 0.187 e. The normalized spacial score (nSPS) is 31.2.